The average Bonchev–Trinajstić information content (AvgIpc) is 2.43. The molecule has 1 aromatic carbocycles. The van der Waals surface area contributed by atoms with Gasteiger partial charge in [0.15, 0.2) is 0 Å². The fourth-order valence-electron chi connectivity index (χ4n) is 3.13. The zero-order chi connectivity index (χ0) is 13.7. The van der Waals surface area contributed by atoms with Crippen molar-refractivity contribution in [1.29, 1.82) is 0 Å². The molecule has 1 fully saturated rings. The van der Waals surface area contributed by atoms with Crippen molar-refractivity contribution in [2.75, 3.05) is 6.54 Å². The van der Waals surface area contributed by atoms with Gasteiger partial charge in [-0.3, -0.25) is 0 Å². The fourth-order valence-corrected chi connectivity index (χ4v) is 3.13. The van der Waals surface area contributed by atoms with Crippen molar-refractivity contribution in [2.45, 2.75) is 58.5 Å². The van der Waals surface area contributed by atoms with E-state index in [1.807, 2.05) is 0 Å². The van der Waals surface area contributed by atoms with E-state index < -0.39 is 0 Å². The van der Waals surface area contributed by atoms with E-state index in [4.69, 9.17) is 10.5 Å². The summed E-state index contributed by atoms with van der Waals surface area (Å²) in [7, 11) is 0. The second-order valence-corrected chi connectivity index (χ2v) is 5.76. The van der Waals surface area contributed by atoms with Crippen LogP contribution in [0, 0.1) is 12.8 Å². The van der Waals surface area contributed by atoms with Gasteiger partial charge in [0.25, 0.3) is 0 Å². The van der Waals surface area contributed by atoms with Crippen molar-refractivity contribution in [1.82, 2.24) is 0 Å². The number of hydrogen-bond donors (Lipinski definition) is 1. The number of nitrogens with two attached hydrogens (primary N) is 1. The Kier molecular flexibility index (Phi) is 5.26. The minimum Gasteiger partial charge on any atom is -0.490 e. The van der Waals surface area contributed by atoms with Crippen LogP contribution in [0.3, 0.4) is 0 Å². The highest BCUT2D eigenvalue weighted by Gasteiger charge is 2.25. The second kappa shape index (κ2) is 6.95. The molecule has 1 aliphatic rings. The van der Waals surface area contributed by atoms with E-state index in [2.05, 4.69) is 32.0 Å². The van der Waals surface area contributed by atoms with Crippen LogP contribution in [-0.4, -0.2) is 12.6 Å². The fraction of sp³-hybridized carbons (Fsp3) is 0.647. The molecule has 106 valence electrons. The molecule has 0 radical (unpaired) electrons. The summed E-state index contributed by atoms with van der Waals surface area (Å²) < 4.78 is 6.34. The summed E-state index contributed by atoms with van der Waals surface area (Å²) in [4.78, 5) is 0. The van der Waals surface area contributed by atoms with Gasteiger partial charge >= 0.3 is 0 Å². The number of ether oxygens (including phenoxy) is 1. The number of aryl methyl sites for hydroxylation is 1. The van der Waals surface area contributed by atoms with E-state index in [1.165, 1.54) is 43.2 Å². The first-order valence-electron chi connectivity index (χ1n) is 7.70. The van der Waals surface area contributed by atoms with Gasteiger partial charge in [-0.25, -0.2) is 0 Å². The van der Waals surface area contributed by atoms with Crippen molar-refractivity contribution in [2.24, 2.45) is 11.7 Å². The third-order valence-electron chi connectivity index (χ3n) is 4.27. The minimum absolute atomic E-state index is 0.401. The van der Waals surface area contributed by atoms with Gasteiger partial charge in [-0.05, 0) is 63.1 Å². The van der Waals surface area contributed by atoms with Crippen LogP contribution in [0.2, 0.25) is 0 Å². The van der Waals surface area contributed by atoms with Gasteiger partial charge in [-0.1, -0.05) is 31.0 Å². The topological polar surface area (TPSA) is 35.2 Å². The monoisotopic (exact) mass is 261 g/mol. The third kappa shape index (κ3) is 3.73. The highest BCUT2D eigenvalue weighted by Crippen LogP contribution is 2.32. The van der Waals surface area contributed by atoms with Crippen molar-refractivity contribution < 1.29 is 4.74 Å². The van der Waals surface area contributed by atoms with Crippen LogP contribution in [-0.2, 0) is 6.42 Å². The van der Waals surface area contributed by atoms with Gasteiger partial charge in [0.05, 0.1) is 0 Å². The van der Waals surface area contributed by atoms with E-state index in [1.54, 1.807) is 0 Å². The summed E-state index contributed by atoms with van der Waals surface area (Å²) in [5.74, 6) is 1.78. The Bertz CT molecular complexity index is 402. The number of benzene rings is 1. The predicted octanol–water partition coefficient (Wildman–Crippen LogP) is 3.84. The second-order valence-electron chi connectivity index (χ2n) is 5.76. The molecule has 2 nitrogen and oxygen atoms in total. The number of hydrogen-bond acceptors (Lipinski definition) is 2. The Hall–Kier alpha value is -1.02. The van der Waals surface area contributed by atoms with Gasteiger partial charge in [-0.2, -0.15) is 0 Å². The van der Waals surface area contributed by atoms with Gasteiger partial charge in [-0.15, -0.1) is 0 Å². The summed E-state index contributed by atoms with van der Waals surface area (Å²) in [6.07, 6.45) is 7.72. The molecule has 0 heterocycles. The molecule has 1 saturated carbocycles. The zero-order valence-corrected chi connectivity index (χ0v) is 12.3. The Morgan fingerprint density at radius 2 is 2.05 bits per heavy atom. The summed E-state index contributed by atoms with van der Waals surface area (Å²) in [5.41, 5.74) is 8.26. The van der Waals surface area contributed by atoms with Crippen molar-refractivity contribution in [3.63, 3.8) is 0 Å². The van der Waals surface area contributed by atoms with Crippen LogP contribution in [0.25, 0.3) is 0 Å². The van der Waals surface area contributed by atoms with Gasteiger partial charge in [0.2, 0.25) is 0 Å². The average molecular weight is 261 g/mol. The Labute approximate surface area is 117 Å². The predicted molar refractivity (Wildman–Crippen MR) is 80.6 cm³/mol. The van der Waals surface area contributed by atoms with E-state index in [0.717, 1.165) is 18.1 Å². The summed E-state index contributed by atoms with van der Waals surface area (Å²) in [5, 5.41) is 0. The van der Waals surface area contributed by atoms with Crippen LogP contribution >= 0.6 is 0 Å². The molecule has 19 heavy (non-hydrogen) atoms. The number of rotatable bonds is 5. The molecule has 0 amide bonds. The smallest absolute Gasteiger partial charge is 0.122 e. The largest absolute Gasteiger partial charge is 0.490 e. The molecule has 2 heteroatoms. The van der Waals surface area contributed by atoms with Crippen molar-refractivity contribution >= 4 is 0 Å². The highest BCUT2D eigenvalue weighted by molar-refractivity contribution is 5.37. The van der Waals surface area contributed by atoms with Crippen molar-refractivity contribution in [3.8, 4) is 5.75 Å². The van der Waals surface area contributed by atoms with E-state index >= 15 is 0 Å². The standard InChI is InChI=1S/C17H27NO/c1-3-14-6-4-5-7-16(14)19-17-9-8-13(2)12-15(17)10-11-18/h8-9,12,14,16H,3-7,10-11,18H2,1-2H3. The summed E-state index contributed by atoms with van der Waals surface area (Å²) in [6.45, 7) is 5.09. The first-order valence-corrected chi connectivity index (χ1v) is 7.70. The molecular formula is C17H27NO. The van der Waals surface area contributed by atoms with Crippen molar-refractivity contribution in [3.05, 3.63) is 29.3 Å². The maximum atomic E-state index is 6.34. The Balaban J connectivity index is 2.12. The van der Waals surface area contributed by atoms with Crippen LogP contribution in [0.15, 0.2) is 18.2 Å². The zero-order valence-electron chi connectivity index (χ0n) is 12.3. The first kappa shape index (κ1) is 14.4. The summed E-state index contributed by atoms with van der Waals surface area (Å²) in [6, 6.07) is 6.48. The lowest BCUT2D eigenvalue weighted by molar-refractivity contribution is 0.0894. The Morgan fingerprint density at radius 3 is 2.79 bits per heavy atom. The molecule has 0 spiro atoms. The molecule has 1 aromatic rings. The van der Waals surface area contributed by atoms with E-state index in [0.29, 0.717) is 12.6 Å². The molecule has 0 bridgehead atoms. The summed E-state index contributed by atoms with van der Waals surface area (Å²) >= 11 is 0. The lowest BCUT2D eigenvalue weighted by Gasteiger charge is -2.32. The van der Waals surface area contributed by atoms with E-state index in [-0.39, 0.29) is 0 Å². The maximum Gasteiger partial charge on any atom is 0.122 e. The molecule has 0 aliphatic heterocycles. The van der Waals surface area contributed by atoms with Crippen LogP contribution in [0.4, 0.5) is 0 Å². The van der Waals surface area contributed by atoms with Gasteiger partial charge in [0, 0.05) is 0 Å². The molecule has 2 unspecified atom stereocenters. The molecule has 2 N–H and O–H groups in total. The lowest BCUT2D eigenvalue weighted by atomic mass is 9.84. The lowest BCUT2D eigenvalue weighted by Crippen LogP contribution is -2.30. The molecule has 2 rings (SSSR count). The Morgan fingerprint density at radius 1 is 1.26 bits per heavy atom. The van der Waals surface area contributed by atoms with Crippen LogP contribution in [0.5, 0.6) is 5.75 Å². The first-order chi connectivity index (χ1) is 9.24. The quantitative estimate of drug-likeness (QED) is 0.874. The molecular weight excluding hydrogens is 234 g/mol. The normalized spacial score (nSPS) is 23.3. The molecule has 0 aromatic heterocycles. The van der Waals surface area contributed by atoms with Crippen LogP contribution in [0.1, 0.15) is 50.2 Å². The van der Waals surface area contributed by atoms with Gasteiger partial charge < -0.3 is 10.5 Å². The van der Waals surface area contributed by atoms with Crippen LogP contribution < -0.4 is 10.5 Å². The maximum absolute atomic E-state index is 6.34. The third-order valence-corrected chi connectivity index (χ3v) is 4.27. The van der Waals surface area contributed by atoms with Gasteiger partial charge in [0.1, 0.15) is 11.9 Å². The SMILES string of the molecule is CCC1CCCCC1Oc1ccc(C)cc1CCN. The van der Waals surface area contributed by atoms with E-state index in [9.17, 15) is 0 Å². The highest BCUT2D eigenvalue weighted by atomic mass is 16.5. The molecule has 2 atom stereocenters. The molecule has 0 saturated heterocycles. The minimum atomic E-state index is 0.401. The molecule has 1 aliphatic carbocycles.